The van der Waals surface area contributed by atoms with E-state index < -0.39 is 0 Å². The zero-order chi connectivity index (χ0) is 15.9. The van der Waals surface area contributed by atoms with Crippen molar-refractivity contribution in [2.24, 2.45) is 5.41 Å². The van der Waals surface area contributed by atoms with Gasteiger partial charge in [0, 0.05) is 24.0 Å². The molecule has 1 spiro atoms. The van der Waals surface area contributed by atoms with Crippen molar-refractivity contribution in [1.82, 2.24) is 4.72 Å². The summed E-state index contributed by atoms with van der Waals surface area (Å²) in [6, 6.07) is 15.8. The largest absolute Gasteiger partial charge is 0.340 e. The smallest absolute Gasteiger partial charge is 0.125 e. The zero-order valence-electron chi connectivity index (χ0n) is 13.0. The van der Waals surface area contributed by atoms with Crippen LogP contribution in [0.15, 0.2) is 48.5 Å². The van der Waals surface area contributed by atoms with E-state index in [0.29, 0.717) is 5.41 Å². The molecule has 1 aliphatic heterocycles. The standard InChI is InChI=1S/C19H21FN2S/c20-15-7-6-14-11-19(8-9-19)12-16(21-23)13-22(18(14)10-15)17-4-2-1-3-5-17/h1-7,10,16,21,23H,8-9,11-13H2. The van der Waals surface area contributed by atoms with Gasteiger partial charge in [0.25, 0.3) is 0 Å². The zero-order valence-corrected chi connectivity index (χ0v) is 13.9. The Morgan fingerprint density at radius 2 is 1.91 bits per heavy atom. The molecule has 2 aromatic carbocycles. The van der Waals surface area contributed by atoms with E-state index in [1.807, 2.05) is 24.3 Å². The van der Waals surface area contributed by atoms with Crippen LogP contribution >= 0.6 is 12.8 Å². The van der Waals surface area contributed by atoms with Crippen molar-refractivity contribution < 1.29 is 4.39 Å². The maximum Gasteiger partial charge on any atom is 0.125 e. The molecule has 1 aliphatic carbocycles. The van der Waals surface area contributed by atoms with Crippen LogP contribution in [-0.4, -0.2) is 12.6 Å². The number of nitrogens with zero attached hydrogens (tertiary/aromatic N) is 1. The van der Waals surface area contributed by atoms with E-state index in [1.165, 1.54) is 18.4 Å². The number of para-hydroxylation sites is 1. The average Bonchev–Trinajstić information content (AvgIpc) is 3.32. The first-order valence-electron chi connectivity index (χ1n) is 8.20. The Hall–Kier alpha value is -1.52. The minimum atomic E-state index is -0.175. The summed E-state index contributed by atoms with van der Waals surface area (Å²) in [6.45, 7) is 0.797. The van der Waals surface area contributed by atoms with Crippen LogP contribution in [0.3, 0.4) is 0 Å². The van der Waals surface area contributed by atoms with Crippen molar-refractivity contribution in [3.8, 4) is 0 Å². The van der Waals surface area contributed by atoms with Crippen LogP contribution in [0, 0.1) is 11.2 Å². The van der Waals surface area contributed by atoms with Gasteiger partial charge < -0.3 is 4.90 Å². The third-order valence-electron chi connectivity index (χ3n) is 5.19. The highest BCUT2D eigenvalue weighted by molar-refractivity contribution is 7.78. The fourth-order valence-corrected chi connectivity index (χ4v) is 3.99. The summed E-state index contributed by atoms with van der Waals surface area (Å²) < 4.78 is 17.1. The van der Waals surface area contributed by atoms with Crippen LogP contribution in [0.5, 0.6) is 0 Å². The molecule has 0 amide bonds. The van der Waals surface area contributed by atoms with Gasteiger partial charge in [0.1, 0.15) is 5.82 Å². The number of rotatable bonds is 2. The molecular weight excluding hydrogens is 307 g/mol. The predicted octanol–water partition coefficient (Wildman–Crippen LogP) is 4.49. The summed E-state index contributed by atoms with van der Waals surface area (Å²) in [5, 5.41) is 0. The molecule has 1 N–H and O–H groups in total. The maximum atomic E-state index is 13.9. The van der Waals surface area contributed by atoms with Gasteiger partial charge in [-0.15, -0.1) is 0 Å². The van der Waals surface area contributed by atoms with E-state index in [2.05, 4.69) is 34.6 Å². The molecule has 1 fully saturated rings. The van der Waals surface area contributed by atoms with Gasteiger partial charge in [-0.05, 0) is 60.9 Å². The second-order valence-corrected chi connectivity index (χ2v) is 7.18. The van der Waals surface area contributed by atoms with Crippen molar-refractivity contribution in [3.05, 3.63) is 59.9 Å². The molecule has 4 rings (SSSR count). The SMILES string of the molecule is Fc1ccc2c(c1)N(c1ccccc1)CC(NS)CC1(CC1)C2. The Morgan fingerprint density at radius 3 is 2.61 bits per heavy atom. The van der Waals surface area contributed by atoms with Gasteiger partial charge in [-0.25, -0.2) is 4.39 Å². The average molecular weight is 328 g/mol. The number of hydrogen-bond acceptors (Lipinski definition) is 3. The van der Waals surface area contributed by atoms with Gasteiger partial charge in [0.2, 0.25) is 0 Å². The number of benzene rings is 2. The van der Waals surface area contributed by atoms with Gasteiger partial charge in [0.05, 0.1) is 0 Å². The van der Waals surface area contributed by atoms with Crippen LogP contribution in [0.2, 0.25) is 0 Å². The lowest BCUT2D eigenvalue weighted by molar-refractivity contribution is 0.393. The number of hydrogen-bond donors (Lipinski definition) is 2. The molecule has 2 nitrogen and oxygen atoms in total. The minimum Gasteiger partial charge on any atom is -0.340 e. The highest BCUT2D eigenvalue weighted by Crippen LogP contribution is 2.54. The monoisotopic (exact) mass is 328 g/mol. The second-order valence-electron chi connectivity index (χ2n) is 6.93. The van der Waals surface area contributed by atoms with Gasteiger partial charge in [-0.2, -0.15) is 0 Å². The number of thiol groups is 1. The molecule has 1 saturated carbocycles. The lowest BCUT2D eigenvalue weighted by Crippen LogP contribution is -2.39. The quantitative estimate of drug-likeness (QED) is 0.790. The molecule has 0 bridgehead atoms. The topological polar surface area (TPSA) is 15.3 Å². The lowest BCUT2D eigenvalue weighted by atomic mass is 9.86. The molecule has 0 saturated heterocycles. The van der Waals surface area contributed by atoms with E-state index in [1.54, 1.807) is 12.1 Å². The van der Waals surface area contributed by atoms with Crippen molar-refractivity contribution in [3.63, 3.8) is 0 Å². The van der Waals surface area contributed by atoms with Gasteiger partial charge in [-0.3, -0.25) is 4.72 Å². The molecule has 1 heterocycles. The Kier molecular flexibility index (Phi) is 3.82. The van der Waals surface area contributed by atoms with Crippen LogP contribution in [-0.2, 0) is 6.42 Å². The van der Waals surface area contributed by atoms with Crippen molar-refractivity contribution in [2.75, 3.05) is 11.4 Å². The fraction of sp³-hybridized carbons (Fsp3) is 0.368. The van der Waals surface area contributed by atoms with E-state index in [9.17, 15) is 4.39 Å². The highest BCUT2D eigenvalue weighted by atomic mass is 32.1. The van der Waals surface area contributed by atoms with Crippen LogP contribution < -0.4 is 9.62 Å². The van der Waals surface area contributed by atoms with Crippen LogP contribution in [0.25, 0.3) is 0 Å². The van der Waals surface area contributed by atoms with Gasteiger partial charge >= 0.3 is 0 Å². The number of anilines is 2. The van der Waals surface area contributed by atoms with Gasteiger partial charge in [0.15, 0.2) is 0 Å². The molecule has 23 heavy (non-hydrogen) atoms. The number of fused-ring (bicyclic) bond motifs is 1. The number of halogens is 1. The normalized spacial score (nSPS) is 22.3. The first kappa shape index (κ1) is 15.0. The summed E-state index contributed by atoms with van der Waals surface area (Å²) in [6.07, 6.45) is 4.68. The molecule has 1 unspecified atom stereocenters. The molecule has 2 aromatic rings. The molecule has 2 aliphatic rings. The van der Waals surface area contributed by atoms with E-state index >= 15 is 0 Å². The van der Waals surface area contributed by atoms with E-state index in [4.69, 9.17) is 0 Å². The van der Waals surface area contributed by atoms with Crippen LogP contribution in [0.1, 0.15) is 24.8 Å². The minimum absolute atomic E-state index is 0.175. The molecule has 0 aromatic heterocycles. The summed E-state index contributed by atoms with van der Waals surface area (Å²) in [7, 11) is 0. The van der Waals surface area contributed by atoms with E-state index in [0.717, 1.165) is 30.8 Å². The Bertz CT molecular complexity index is 700. The molecule has 4 heteroatoms. The second kappa shape index (κ2) is 5.84. The van der Waals surface area contributed by atoms with Crippen molar-refractivity contribution in [2.45, 2.75) is 31.7 Å². The molecule has 120 valence electrons. The summed E-state index contributed by atoms with van der Waals surface area (Å²) in [4.78, 5) is 2.22. The Labute approximate surface area is 142 Å². The molecule has 1 atom stereocenters. The first-order valence-corrected chi connectivity index (χ1v) is 8.64. The van der Waals surface area contributed by atoms with Gasteiger partial charge in [-0.1, -0.05) is 37.1 Å². The third kappa shape index (κ3) is 2.98. The molecule has 0 radical (unpaired) electrons. The number of nitrogens with one attached hydrogen (secondary N) is 1. The Morgan fingerprint density at radius 1 is 1.13 bits per heavy atom. The lowest BCUT2D eigenvalue weighted by Gasteiger charge is -2.36. The fourth-order valence-electron chi connectivity index (χ4n) is 3.82. The van der Waals surface area contributed by atoms with Crippen molar-refractivity contribution in [1.29, 1.82) is 0 Å². The summed E-state index contributed by atoms with van der Waals surface area (Å²) in [5.74, 6) is -0.175. The predicted molar refractivity (Wildman–Crippen MR) is 95.7 cm³/mol. The van der Waals surface area contributed by atoms with Crippen LogP contribution in [0.4, 0.5) is 15.8 Å². The summed E-state index contributed by atoms with van der Waals surface area (Å²) in [5.41, 5.74) is 3.73. The third-order valence-corrected chi connectivity index (χ3v) is 5.56. The highest BCUT2D eigenvalue weighted by Gasteiger charge is 2.45. The van der Waals surface area contributed by atoms with E-state index in [-0.39, 0.29) is 11.9 Å². The summed E-state index contributed by atoms with van der Waals surface area (Å²) >= 11 is 4.35. The molecular formula is C19H21FN2S. The maximum absolute atomic E-state index is 13.9. The van der Waals surface area contributed by atoms with Crippen molar-refractivity contribution >= 4 is 24.2 Å². The Balaban J connectivity index is 1.82. The first-order chi connectivity index (χ1) is 11.2.